The molecule has 1 aromatic rings. The van der Waals surface area contributed by atoms with Crippen LogP contribution in [0.15, 0.2) is 40.4 Å². The third-order valence-electron chi connectivity index (χ3n) is 1.94. The van der Waals surface area contributed by atoms with Gasteiger partial charge in [-0.25, -0.2) is 10.0 Å². The van der Waals surface area contributed by atoms with Gasteiger partial charge in [-0.3, -0.25) is 4.79 Å². The highest BCUT2D eigenvalue weighted by molar-refractivity contribution is 6.80. The third kappa shape index (κ3) is 2.05. The number of hydrogen-bond donors (Lipinski definition) is 0. The normalized spacial score (nSPS) is 19.9. The van der Waals surface area contributed by atoms with E-state index in [-0.39, 0.29) is 5.17 Å². The summed E-state index contributed by atoms with van der Waals surface area (Å²) in [6, 6.07) is 9.33. The monoisotopic (exact) mass is 221 g/mol. The van der Waals surface area contributed by atoms with Crippen molar-refractivity contribution in [2.24, 2.45) is 10.1 Å². The van der Waals surface area contributed by atoms with E-state index >= 15 is 0 Å². The van der Waals surface area contributed by atoms with Crippen molar-refractivity contribution in [3.8, 4) is 0 Å². The maximum atomic E-state index is 10.8. The maximum absolute atomic E-state index is 10.8. The largest absolute Gasteiger partial charge is 0.299 e. The van der Waals surface area contributed by atoms with Crippen molar-refractivity contribution in [2.75, 3.05) is 5.01 Å². The molecule has 15 heavy (non-hydrogen) atoms. The van der Waals surface area contributed by atoms with Gasteiger partial charge in [0, 0.05) is 0 Å². The molecule has 0 radical (unpaired) electrons. The lowest BCUT2D eigenvalue weighted by Gasteiger charge is -2.24. The molecule has 1 aromatic carbocycles. The molecule has 0 saturated heterocycles. The Bertz CT molecular complexity index is 416. The summed E-state index contributed by atoms with van der Waals surface area (Å²) in [5.74, 6) is 0. The van der Waals surface area contributed by atoms with E-state index < -0.39 is 6.17 Å². The van der Waals surface area contributed by atoms with Gasteiger partial charge >= 0.3 is 0 Å². The van der Waals surface area contributed by atoms with E-state index in [2.05, 4.69) is 10.1 Å². The molecule has 0 saturated carbocycles. The zero-order valence-electron chi connectivity index (χ0n) is 7.75. The summed E-state index contributed by atoms with van der Waals surface area (Å²) in [6.45, 7) is 0. The predicted octanol–water partition coefficient (Wildman–Crippen LogP) is 1.65. The van der Waals surface area contributed by atoms with Gasteiger partial charge in [-0.15, -0.1) is 0 Å². The molecule has 2 rings (SSSR count). The molecule has 1 atom stereocenters. The summed E-state index contributed by atoms with van der Waals surface area (Å²) < 4.78 is 0. The molecule has 0 aliphatic carbocycles. The number of carbonyl (C=O) groups excluding carboxylic acids is 1. The number of para-hydroxylation sites is 1. The van der Waals surface area contributed by atoms with Gasteiger partial charge in [0.2, 0.25) is 0 Å². The standard InChI is InChI=1S/C10H8ClN3O/c11-9-6-12-14(10(7-15)13-9)8-4-2-1-3-5-8/h1-7,10H. The average molecular weight is 222 g/mol. The fourth-order valence-electron chi connectivity index (χ4n) is 1.28. The molecule has 1 heterocycles. The second kappa shape index (κ2) is 4.23. The minimum Gasteiger partial charge on any atom is -0.299 e. The highest BCUT2D eigenvalue weighted by Crippen LogP contribution is 2.18. The van der Waals surface area contributed by atoms with E-state index in [1.165, 1.54) is 11.2 Å². The van der Waals surface area contributed by atoms with Gasteiger partial charge in [-0.2, -0.15) is 5.10 Å². The van der Waals surface area contributed by atoms with Crippen LogP contribution in [0, 0.1) is 0 Å². The minimum absolute atomic E-state index is 0.235. The van der Waals surface area contributed by atoms with E-state index in [0.717, 1.165) is 5.69 Å². The lowest BCUT2D eigenvalue weighted by atomic mass is 10.3. The molecule has 0 spiro atoms. The quantitative estimate of drug-likeness (QED) is 0.713. The van der Waals surface area contributed by atoms with E-state index in [1.807, 2.05) is 30.3 Å². The summed E-state index contributed by atoms with van der Waals surface area (Å²) in [7, 11) is 0. The molecular weight excluding hydrogens is 214 g/mol. The lowest BCUT2D eigenvalue weighted by molar-refractivity contribution is -0.108. The van der Waals surface area contributed by atoms with Gasteiger partial charge in [-0.05, 0) is 12.1 Å². The van der Waals surface area contributed by atoms with Crippen LogP contribution in [0.3, 0.4) is 0 Å². The molecule has 1 unspecified atom stereocenters. The Kier molecular flexibility index (Phi) is 2.78. The lowest BCUT2D eigenvalue weighted by Crippen LogP contribution is -2.34. The second-order valence-electron chi connectivity index (χ2n) is 2.93. The average Bonchev–Trinajstić information content (AvgIpc) is 2.30. The molecule has 0 N–H and O–H groups in total. The summed E-state index contributed by atoms with van der Waals surface area (Å²) >= 11 is 5.66. The third-order valence-corrected chi connectivity index (χ3v) is 2.13. The van der Waals surface area contributed by atoms with Crippen LogP contribution in [0.2, 0.25) is 0 Å². The Labute approximate surface area is 91.9 Å². The number of halogens is 1. The molecule has 1 aliphatic heterocycles. The number of rotatable bonds is 2. The van der Waals surface area contributed by atoms with E-state index in [1.54, 1.807) is 0 Å². The van der Waals surface area contributed by atoms with Gasteiger partial charge in [0.05, 0.1) is 11.9 Å². The Morgan fingerprint density at radius 1 is 1.33 bits per heavy atom. The smallest absolute Gasteiger partial charge is 0.199 e. The van der Waals surface area contributed by atoms with Crippen LogP contribution in [-0.2, 0) is 4.79 Å². The number of hydrazone groups is 1. The maximum Gasteiger partial charge on any atom is 0.199 e. The highest BCUT2D eigenvalue weighted by Gasteiger charge is 2.19. The van der Waals surface area contributed by atoms with Gasteiger partial charge in [0.15, 0.2) is 12.5 Å². The highest BCUT2D eigenvalue weighted by atomic mass is 35.5. The van der Waals surface area contributed by atoms with Crippen LogP contribution in [0.5, 0.6) is 0 Å². The zero-order chi connectivity index (χ0) is 10.7. The first-order valence-electron chi connectivity index (χ1n) is 4.38. The van der Waals surface area contributed by atoms with Crippen molar-refractivity contribution in [2.45, 2.75) is 6.17 Å². The SMILES string of the molecule is O=CC1N=C(Cl)C=NN1c1ccccc1. The summed E-state index contributed by atoms with van der Waals surface area (Å²) in [5, 5.41) is 5.80. The number of anilines is 1. The van der Waals surface area contributed by atoms with E-state index in [4.69, 9.17) is 11.6 Å². The first kappa shape index (κ1) is 9.86. The fourth-order valence-corrected chi connectivity index (χ4v) is 1.42. The van der Waals surface area contributed by atoms with Crippen molar-refractivity contribution >= 4 is 35.0 Å². The first-order valence-corrected chi connectivity index (χ1v) is 4.76. The van der Waals surface area contributed by atoms with Crippen LogP contribution < -0.4 is 5.01 Å². The van der Waals surface area contributed by atoms with Gasteiger partial charge in [0.25, 0.3) is 0 Å². The van der Waals surface area contributed by atoms with Crippen molar-refractivity contribution in [3.63, 3.8) is 0 Å². The van der Waals surface area contributed by atoms with Crippen LogP contribution >= 0.6 is 11.6 Å². The van der Waals surface area contributed by atoms with Gasteiger partial charge < -0.3 is 0 Å². The molecule has 0 aromatic heterocycles. The molecular formula is C10H8ClN3O. The molecule has 0 amide bonds. The summed E-state index contributed by atoms with van der Waals surface area (Å²) in [4.78, 5) is 14.8. The van der Waals surface area contributed by atoms with Crippen LogP contribution in [-0.4, -0.2) is 23.8 Å². The van der Waals surface area contributed by atoms with Crippen LogP contribution in [0.1, 0.15) is 0 Å². The molecule has 1 aliphatic rings. The summed E-state index contributed by atoms with van der Waals surface area (Å²) in [5.41, 5.74) is 0.804. The van der Waals surface area contributed by atoms with Crippen molar-refractivity contribution < 1.29 is 4.79 Å². The van der Waals surface area contributed by atoms with Crippen molar-refractivity contribution in [1.82, 2.24) is 0 Å². The second-order valence-corrected chi connectivity index (χ2v) is 3.31. The van der Waals surface area contributed by atoms with E-state index in [0.29, 0.717) is 6.29 Å². The van der Waals surface area contributed by atoms with Crippen molar-refractivity contribution in [1.29, 1.82) is 0 Å². The Balaban J connectivity index is 2.31. The predicted molar refractivity (Wildman–Crippen MR) is 60.6 cm³/mol. The van der Waals surface area contributed by atoms with Crippen LogP contribution in [0.4, 0.5) is 5.69 Å². The Morgan fingerprint density at radius 2 is 2.07 bits per heavy atom. The molecule has 0 bridgehead atoms. The number of nitrogens with zero attached hydrogens (tertiary/aromatic N) is 3. The fraction of sp³-hybridized carbons (Fsp3) is 0.100. The number of benzene rings is 1. The Hall–Kier alpha value is -1.68. The number of carbonyl (C=O) groups is 1. The molecule has 4 nitrogen and oxygen atoms in total. The Morgan fingerprint density at radius 3 is 2.73 bits per heavy atom. The topological polar surface area (TPSA) is 45.0 Å². The number of aldehydes is 1. The van der Waals surface area contributed by atoms with Crippen LogP contribution in [0.25, 0.3) is 0 Å². The molecule has 76 valence electrons. The minimum atomic E-state index is -0.676. The first-order chi connectivity index (χ1) is 7.31. The molecule has 5 heteroatoms. The zero-order valence-corrected chi connectivity index (χ0v) is 8.50. The summed E-state index contributed by atoms with van der Waals surface area (Å²) in [6.07, 6.45) is 1.44. The van der Waals surface area contributed by atoms with E-state index in [9.17, 15) is 4.79 Å². The van der Waals surface area contributed by atoms with Gasteiger partial charge in [-0.1, -0.05) is 29.8 Å². The van der Waals surface area contributed by atoms with Crippen molar-refractivity contribution in [3.05, 3.63) is 30.3 Å². The molecule has 0 fully saturated rings. The van der Waals surface area contributed by atoms with Gasteiger partial charge in [0.1, 0.15) is 5.17 Å². The number of aliphatic imine (C=N–C) groups is 1. The number of hydrogen-bond acceptors (Lipinski definition) is 4.